The van der Waals surface area contributed by atoms with E-state index in [1.165, 1.54) is 7.11 Å². The average Bonchev–Trinajstić information content (AvgIpc) is 3.03. The molecule has 1 saturated heterocycles. The Bertz CT molecular complexity index is 725. The van der Waals surface area contributed by atoms with Crippen molar-refractivity contribution in [1.29, 1.82) is 0 Å². The lowest BCUT2D eigenvalue weighted by atomic mass is 9.99. The fraction of sp³-hybridized carbons (Fsp3) is 0.333. The van der Waals surface area contributed by atoms with Crippen molar-refractivity contribution < 1.29 is 19.1 Å². The van der Waals surface area contributed by atoms with E-state index >= 15 is 0 Å². The van der Waals surface area contributed by atoms with Crippen molar-refractivity contribution in [2.45, 2.75) is 19.9 Å². The first-order valence-corrected chi connectivity index (χ1v) is 6.82. The van der Waals surface area contributed by atoms with E-state index in [2.05, 4.69) is 15.3 Å². The van der Waals surface area contributed by atoms with Crippen molar-refractivity contribution in [2.24, 2.45) is 11.0 Å². The van der Waals surface area contributed by atoms with Crippen LogP contribution in [-0.2, 0) is 19.1 Å². The number of nitrogens with zero attached hydrogens (tertiary/aromatic N) is 2. The number of rotatable bonds is 2. The summed E-state index contributed by atoms with van der Waals surface area (Å²) < 4.78 is 4.61. The highest BCUT2D eigenvalue weighted by Gasteiger charge is 2.55. The van der Waals surface area contributed by atoms with E-state index < -0.39 is 29.7 Å². The van der Waals surface area contributed by atoms with Gasteiger partial charge in [0.15, 0.2) is 5.71 Å². The molecule has 0 bridgehead atoms. The molecule has 0 spiro atoms. The molecule has 1 aromatic rings. The molecule has 0 aliphatic carbocycles. The van der Waals surface area contributed by atoms with Crippen LogP contribution in [0.2, 0.25) is 0 Å². The van der Waals surface area contributed by atoms with E-state index in [0.29, 0.717) is 5.69 Å². The third-order valence-corrected chi connectivity index (χ3v) is 4.07. The molecule has 2 amide bonds. The minimum atomic E-state index is -0.929. The summed E-state index contributed by atoms with van der Waals surface area (Å²) in [7, 11) is 1.21. The van der Waals surface area contributed by atoms with Crippen molar-refractivity contribution in [3.05, 3.63) is 29.3 Å². The molecule has 3 rings (SSSR count). The van der Waals surface area contributed by atoms with Gasteiger partial charge in [0.05, 0.1) is 12.8 Å². The van der Waals surface area contributed by atoms with Crippen molar-refractivity contribution in [3.8, 4) is 0 Å². The fourth-order valence-corrected chi connectivity index (χ4v) is 2.68. The second-order valence-corrected chi connectivity index (χ2v) is 5.35. The van der Waals surface area contributed by atoms with E-state index in [0.717, 1.165) is 16.0 Å². The number of imide groups is 1. The number of hydrogen-bond donors (Lipinski definition) is 1. The van der Waals surface area contributed by atoms with Gasteiger partial charge >= 0.3 is 5.97 Å². The topological polar surface area (TPSA) is 88.1 Å². The minimum Gasteiger partial charge on any atom is -0.464 e. The normalized spacial score (nSPS) is 23.2. The molecule has 2 aliphatic rings. The maximum absolute atomic E-state index is 12.6. The number of carbonyl (C=O) groups excluding carboxylic acids is 3. The van der Waals surface area contributed by atoms with Crippen molar-refractivity contribution in [2.75, 3.05) is 12.0 Å². The van der Waals surface area contributed by atoms with Gasteiger partial charge < -0.3 is 4.74 Å². The van der Waals surface area contributed by atoms with Gasteiger partial charge in [-0.15, -0.1) is 0 Å². The number of carbonyl (C=O) groups is 3. The Morgan fingerprint density at radius 3 is 2.59 bits per heavy atom. The summed E-state index contributed by atoms with van der Waals surface area (Å²) in [4.78, 5) is 37.8. The number of hydrazone groups is 1. The van der Waals surface area contributed by atoms with Gasteiger partial charge in [-0.05, 0) is 37.1 Å². The Labute approximate surface area is 126 Å². The van der Waals surface area contributed by atoms with Gasteiger partial charge in [0.1, 0.15) is 12.0 Å². The zero-order chi connectivity index (χ0) is 16.0. The second-order valence-electron chi connectivity index (χ2n) is 5.35. The van der Waals surface area contributed by atoms with Crippen LogP contribution in [0.25, 0.3) is 0 Å². The van der Waals surface area contributed by atoms with Crippen molar-refractivity contribution >= 4 is 29.2 Å². The second kappa shape index (κ2) is 4.94. The number of methoxy groups -OCH3 is 1. The number of esters is 1. The number of nitrogens with one attached hydrogen (secondary N) is 1. The number of benzene rings is 1. The van der Waals surface area contributed by atoms with Crippen LogP contribution >= 0.6 is 0 Å². The third kappa shape index (κ3) is 1.89. The molecule has 2 unspecified atom stereocenters. The Balaban J connectivity index is 1.98. The van der Waals surface area contributed by atoms with Gasteiger partial charge in [-0.3, -0.25) is 15.0 Å². The van der Waals surface area contributed by atoms with Crippen LogP contribution in [0.15, 0.2) is 23.3 Å². The fourth-order valence-electron chi connectivity index (χ4n) is 2.68. The summed E-state index contributed by atoms with van der Waals surface area (Å²) in [6, 6.07) is 4.50. The molecule has 2 heterocycles. The van der Waals surface area contributed by atoms with Gasteiger partial charge in [-0.25, -0.2) is 9.69 Å². The monoisotopic (exact) mass is 301 g/mol. The molecular formula is C15H15N3O4. The molecule has 7 heteroatoms. The smallest absolute Gasteiger partial charge is 0.355 e. The number of hydrogen-bond acceptors (Lipinski definition) is 6. The van der Waals surface area contributed by atoms with E-state index in [1.54, 1.807) is 12.1 Å². The zero-order valence-corrected chi connectivity index (χ0v) is 12.4. The quantitative estimate of drug-likeness (QED) is 0.627. The summed E-state index contributed by atoms with van der Waals surface area (Å²) in [5.74, 6) is -2.52. The molecule has 0 saturated carbocycles. The molecule has 22 heavy (non-hydrogen) atoms. The highest BCUT2D eigenvalue weighted by molar-refractivity contribution is 6.46. The maximum Gasteiger partial charge on any atom is 0.355 e. The number of aryl methyl sites for hydroxylation is 2. The van der Waals surface area contributed by atoms with E-state index in [1.807, 2.05) is 19.9 Å². The van der Waals surface area contributed by atoms with Gasteiger partial charge in [0.25, 0.3) is 5.91 Å². The van der Waals surface area contributed by atoms with Crippen LogP contribution in [0.3, 0.4) is 0 Å². The van der Waals surface area contributed by atoms with Gasteiger partial charge in [-0.2, -0.15) is 5.10 Å². The molecule has 7 nitrogen and oxygen atoms in total. The van der Waals surface area contributed by atoms with Gasteiger partial charge in [0.2, 0.25) is 5.91 Å². The van der Waals surface area contributed by atoms with E-state index in [9.17, 15) is 14.4 Å². The van der Waals surface area contributed by atoms with Crippen LogP contribution in [-0.4, -0.2) is 36.6 Å². The molecule has 2 atom stereocenters. The molecule has 2 aliphatic heterocycles. The molecule has 114 valence electrons. The largest absolute Gasteiger partial charge is 0.464 e. The number of anilines is 1. The molecular weight excluding hydrogens is 286 g/mol. The predicted octanol–water partition coefficient (Wildman–Crippen LogP) is 0.294. The minimum absolute atomic E-state index is 0.0582. The zero-order valence-electron chi connectivity index (χ0n) is 12.4. The summed E-state index contributed by atoms with van der Waals surface area (Å²) in [5, 5.41) is 3.78. The number of ether oxygens (including phenoxy) is 1. The number of amides is 2. The Kier molecular flexibility index (Phi) is 3.20. The standard InChI is InChI=1S/C15H15N3O4/c1-7-4-5-9(6-8(7)2)18-13(19)10-11(14(18)20)16-17-12(10)15(21)22-3/h4-6,10-11,16H,1-3H3. The highest BCUT2D eigenvalue weighted by atomic mass is 16.5. The van der Waals surface area contributed by atoms with E-state index in [-0.39, 0.29) is 5.71 Å². The summed E-state index contributed by atoms with van der Waals surface area (Å²) in [6.45, 7) is 3.86. The Morgan fingerprint density at radius 2 is 1.95 bits per heavy atom. The van der Waals surface area contributed by atoms with Crippen LogP contribution < -0.4 is 10.3 Å². The number of fused-ring (bicyclic) bond motifs is 1. The lowest BCUT2D eigenvalue weighted by molar-refractivity contribution is -0.133. The van der Waals surface area contributed by atoms with Crippen molar-refractivity contribution in [1.82, 2.24) is 5.43 Å². The Hall–Kier alpha value is -2.70. The lowest BCUT2D eigenvalue weighted by Crippen LogP contribution is -2.36. The maximum atomic E-state index is 12.6. The first kappa shape index (κ1) is 14.2. The van der Waals surface area contributed by atoms with Crippen LogP contribution in [0.1, 0.15) is 11.1 Å². The van der Waals surface area contributed by atoms with Crippen LogP contribution in [0.4, 0.5) is 5.69 Å². The molecule has 1 aromatic carbocycles. The SMILES string of the molecule is COC(=O)C1=NNC2C(=O)N(c3ccc(C)c(C)c3)C(=O)C12. The van der Waals surface area contributed by atoms with Gasteiger partial charge in [0, 0.05) is 0 Å². The van der Waals surface area contributed by atoms with Crippen molar-refractivity contribution in [3.63, 3.8) is 0 Å². The van der Waals surface area contributed by atoms with Crippen LogP contribution in [0.5, 0.6) is 0 Å². The van der Waals surface area contributed by atoms with Crippen LogP contribution in [0, 0.1) is 19.8 Å². The highest BCUT2D eigenvalue weighted by Crippen LogP contribution is 2.31. The lowest BCUT2D eigenvalue weighted by Gasteiger charge is -2.16. The first-order chi connectivity index (χ1) is 10.5. The third-order valence-electron chi connectivity index (χ3n) is 4.07. The molecule has 0 aromatic heterocycles. The summed E-state index contributed by atoms with van der Waals surface area (Å²) in [6.07, 6.45) is 0. The first-order valence-electron chi connectivity index (χ1n) is 6.82. The average molecular weight is 301 g/mol. The van der Waals surface area contributed by atoms with E-state index in [4.69, 9.17) is 0 Å². The summed E-state index contributed by atoms with van der Waals surface area (Å²) in [5.41, 5.74) is 5.05. The Morgan fingerprint density at radius 1 is 1.23 bits per heavy atom. The summed E-state index contributed by atoms with van der Waals surface area (Å²) >= 11 is 0. The predicted molar refractivity (Wildman–Crippen MR) is 78.3 cm³/mol. The van der Waals surface area contributed by atoms with Gasteiger partial charge in [-0.1, -0.05) is 6.07 Å². The molecule has 0 radical (unpaired) electrons. The molecule has 1 fully saturated rings. The molecule has 1 N–H and O–H groups in total.